The molecule has 2 atom stereocenters. The number of thioether (sulfide) groups is 1. The average molecular weight is 284 g/mol. The van der Waals surface area contributed by atoms with E-state index in [0.29, 0.717) is 16.3 Å². The van der Waals surface area contributed by atoms with Gasteiger partial charge in [-0.15, -0.1) is 0 Å². The van der Waals surface area contributed by atoms with Crippen LogP contribution >= 0.6 is 11.8 Å². The molecule has 1 fully saturated rings. The Bertz CT molecular complexity index is 475. The van der Waals surface area contributed by atoms with E-state index in [1.165, 1.54) is 6.33 Å². The van der Waals surface area contributed by atoms with Crippen molar-refractivity contribution in [1.82, 2.24) is 9.97 Å². The number of hydrogen-bond donors (Lipinski definition) is 2. The van der Waals surface area contributed by atoms with E-state index in [1.54, 1.807) is 0 Å². The van der Waals surface area contributed by atoms with Gasteiger partial charge in [0.05, 0.1) is 4.92 Å². The van der Waals surface area contributed by atoms with Crippen LogP contribution in [0.2, 0.25) is 0 Å². The molecule has 0 bridgehead atoms. The Hall–Kier alpha value is -1.61. The molecule has 0 radical (unpaired) electrons. The van der Waals surface area contributed by atoms with Crippen molar-refractivity contribution in [2.45, 2.75) is 24.3 Å². The molecule has 0 aliphatic carbocycles. The molecule has 1 aliphatic heterocycles. The van der Waals surface area contributed by atoms with E-state index in [9.17, 15) is 10.1 Å². The van der Waals surface area contributed by atoms with Gasteiger partial charge in [0.1, 0.15) is 6.33 Å². The van der Waals surface area contributed by atoms with Gasteiger partial charge >= 0.3 is 5.69 Å². The maximum absolute atomic E-state index is 11.2. The normalized spacial score (nSPS) is 23.2. The van der Waals surface area contributed by atoms with E-state index in [2.05, 4.69) is 29.2 Å². The highest BCUT2D eigenvalue weighted by Crippen LogP contribution is 2.35. The van der Waals surface area contributed by atoms with E-state index >= 15 is 0 Å². The smallest absolute Gasteiger partial charge is 0.349 e. The first-order chi connectivity index (χ1) is 9.02. The minimum absolute atomic E-state index is 0.0357. The number of nitrogens with zero attached hydrogens (tertiary/aromatic N) is 4. The van der Waals surface area contributed by atoms with Gasteiger partial charge in [0, 0.05) is 23.6 Å². The van der Waals surface area contributed by atoms with Gasteiger partial charge in [0.2, 0.25) is 11.6 Å². The molecule has 3 N–H and O–H groups in total. The fourth-order valence-electron chi connectivity index (χ4n) is 2.23. The summed E-state index contributed by atoms with van der Waals surface area (Å²) in [7, 11) is 0. The molecule has 104 valence electrons. The molecule has 1 saturated heterocycles. The summed E-state index contributed by atoms with van der Waals surface area (Å²) in [6.07, 6.45) is 1.29. The molecule has 2 unspecified atom stereocenters. The zero-order valence-electron chi connectivity index (χ0n) is 10.7. The molecule has 1 aliphatic rings. The lowest BCUT2D eigenvalue weighted by Gasteiger charge is -2.34. The third-order valence-corrected chi connectivity index (χ3v) is 4.07. The summed E-state index contributed by atoms with van der Waals surface area (Å²) in [6, 6.07) is 0. The van der Waals surface area contributed by atoms with Gasteiger partial charge in [0.15, 0.2) is 0 Å². The number of aromatic nitrogens is 2. The van der Waals surface area contributed by atoms with Crippen molar-refractivity contribution in [1.29, 1.82) is 0 Å². The van der Waals surface area contributed by atoms with Crippen LogP contribution in [-0.2, 0) is 0 Å². The monoisotopic (exact) mass is 284 g/mol. The Labute approximate surface area is 114 Å². The van der Waals surface area contributed by atoms with Crippen molar-refractivity contribution < 1.29 is 4.92 Å². The molecule has 0 amide bonds. The van der Waals surface area contributed by atoms with Crippen molar-refractivity contribution >= 4 is 29.1 Å². The Morgan fingerprint density at radius 1 is 1.47 bits per heavy atom. The molecular weight excluding hydrogens is 268 g/mol. The molecule has 1 aromatic heterocycles. The molecule has 0 aromatic carbocycles. The zero-order chi connectivity index (χ0) is 14.0. The maximum Gasteiger partial charge on any atom is 0.354 e. The van der Waals surface area contributed by atoms with Crippen LogP contribution in [-0.4, -0.2) is 38.5 Å². The molecule has 1 aromatic rings. The molecule has 0 spiro atoms. The highest BCUT2D eigenvalue weighted by Gasteiger charge is 2.31. The molecule has 2 heterocycles. The average Bonchev–Trinajstić information content (AvgIpc) is 2.36. The lowest BCUT2D eigenvalue weighted by molar-refractivity contribution is -0.383. The van der Waals surface area contributed by atoms with Crippen molar-refractivity contribution in [3.63, 3.8) is 0 Å². The molecule has 8 nitrogen and oxygen atoms in total. The number of nitrogen functional groups attached to an aromatic ring is 1. The summed E-state index contributed by atoms with van der Waals surface area (Å²) in [5.74, 6) is 5.64. The van der Waals surface area contributed by atoms with Crippen molar-refractivity contribution in [3.8, 4) is 0 Å². The fraction of sp³-hybridized carbons (Fsp3) is 0.600. The lowest BCUT2D eigenvalue weighted by atomic mass is 10.3. The number of nitro groups is 1. The Morgan fingerprint density at radius 2 is 2.11 bits per heavy atom. The quantitative estimate of drug-likeness (QED) is 0.480. The predicted molar refractivity (Wildman–Crippen MR) is 75.2 cm³/mol. The molecule has 2 rings (SSSR count). The number of anilines is 2. The molecular formula is C10H16N6O2S. The first-order valence-electron chi connectivity index (χ1n) is 5.89. The van der Waals surface area contributed by atoms with Crippen LogP contribution in [0.15, 0.2) is 6.33 Å². The number of hydrogen-bond acceptors (Lipinski definition) is 8. The second kappa shape index (κ2) is 5.57. The highest BCUT2D eigenvalue weighted by atomic mass is 32.2. The fourth-order valence-corrected chi connectivity index (χ4v) is 3.55. The number of nitrogens with two attached hydrogens (primary N) is 1. The highest BCUT2D eigenvalue weighted by molar-refractivity contribution is 8.00. The third kappa shape index (κ3) is 2.87. The topological polar surface area (TPSA) is 110 Å². The van der Waals surface area contributed by atoms with Crippen molar-refractivity contribution in [2.75, 3.05) is 23.4 Å². The lowest BCUT2D eigenvalue weighted by Crippen LogP contribution is -2.41. The summed E-state index contributed by atoms with van der Waals surface area (Å²) in [4.78, 5) is 20.5. The van der Waals surface area contributed by atoms with Crippen LogP contribution in [0.5, 0.6) is 0 Å². The Kier molecular flexibility index (Phi) is 4.05. The summed E-state index contributed by atoms with van der Waals surface area (Å²) in [5.41, 5.74) is 2.08. The van der Waals surface area contributed by atoms with Crippen molar-refractivity contribution in [2.24, 2.45) is 5.84 Å². The van der Waals surface area contributed by atoms with E-state index in [-0.39, 0.29) is 11.5 Å². The van der Waals surface area contributed by atoms with Gasteiger partial charge in [-0.3, -0.25) is 10.1 Å². The van der Waals surface area contributed by atoms with Crippen LogP contribution in [0.1, 0.15) is 13.8 Å². The Balaban J connectivity index is 2.41. The minimum Gasteiger partial charge on any atom is -0.349 e. The van der Waals surface area contributed by atoms with E-state index in [1.807, 2.05) is 16.7 Å². The third-order valence-electron chi connectivity index (χ3n) is 2.84. The van der Waals surface area contributed by atoms with Crippen molar-refractivity contribution in [3.05, 3.63) is 16.4 Å². The second-order valence-electron chi connectivity index (χ2n) is 4.46. The number of hydrazine groups is 1. The van der Waals surface area contributed by atoms with Gasteiger partial charge in [-0.2, -0.15) is 11.8 Å². The van der Waals surface area contributed by atoms with Gasteiger partial charge in [-0.05, 0) is 0 Å². The van der Waals surface area contributed by atoms with Gasteiger partial charge in [0.25, 0.3) is 0 Å². The van der Waals surface area contributed by atoms with Crippen LogP contribution in [0.3, 0.4) is 0 Å². The second-order valence-corrected chi connectivity index (χ2v) is 6.34. The first-order valence-corrected chi connectivity index (χ1v) is 6.83. The molecule has 0 saturated carbocycles. The minimum atomic E-state index is -0.498. The maximum atomic E-state index is 11.2. The van der Waals surface area contributed by atoms with Crippen LogP contribution in [0.4, 0.5) is 17.3 Å². The van der Waals surface area contributed by atoms with E-state index < -0.39 is 4.92 Å². The SMILES string of the molecule is CC1CN(c2ncnc(NN)c2[N+](=O)[O-])CC(C)S1. The summed E-state index contributed by atoms with van der Waals surface area (Å²) < 4.78 is 0. The molecule has 9 heteroatoms. The number of nitrogens with one attached hydrogen (secondary N) is 1. The first kappa shape index (κ1) is 13.8. The van der Waals surface area contributed by atoms with E-state index in [0.717, 1.165) is 13.1 Å². The zero-order valence-corrected chi connectivity index (χ0v) is 11.6. The standard InChI is InChI=1S/C10H16N6O2S/c1-6-3-15(4-7(2)19-6)10-8(16(17)18)9(14-11)12-5-13-10/h5-7H,3-4,11H2,1-2H3,(H,12,13,14). The number of rotatable bonds is 3. The predicted octanol–water partition coefficient (Wildman–Crippen LogP) is 1.00. The van der Waals surface area contributed by atoms with Crippen LogP contribution in [0, 0.1) is 10.1 Å². The van der Waals surface area contributed by atoms with Gasteiger partial charge in [-0.25, -0.2) is 15.8 Å². The summed E-state index contributed by atoms with van der Waals surface area (Å²) in [6.45, 7) is 5.64. The molecule has 19 heavy (non-hydrogen) atoms. The van der Waals surface area contributed by atoms with Crippen LogP contribution in [0.25, 0.3) is 0 Å². The van der Waals surface area contributed by atoms with Gasteiger partial charge in [-0.1, -0.05) is 13.8 Å². The van der Waals surface area contributed by atoms with E-state index in [4.69, 9.17) is 5.84 Å². The summed E-state index contributed by atoms with van der Waals surface area (Å²) in [5, 5.41) is 12.0. The summed E-state index contributed by atoms with van der Waals surface area (Å²) >= 11 is 1.87. The Morgan fingerprint density at radius 3 is 2.63 bits per heavy atom. The van der Waals surface area contributed by atoms with Gasteiger partial charge < -0.3 is 10.3 Å². The largest absolute Gasteiger partial charge is 0.354 e. The van der Waals surface area contributed by atoms with Crippen LogP contribution < -0.4 is 16.2 Å².